The first-order valence-electron chi connectivity index (χ1n) is 11.2. The number of aryl methyl sites for hydroxylation is 2. The number of carbonyl (C=O) groups excluding carboxylic acids is 2. The van der Waals surface area contributed by atoms with Gasteiger partial charge in [0.25, 0.3) is 0 Å². The Morgan fingerprint density at radius 1 is 0.875 bits per heavy atom. The van der Waals surface area contributed by atoms with Crippen molar-refractivity contribution in [2.75, 3.05) is 6.54 Å². The third kappa shape index (κ3) is 6.30. The number of amides is 2. The topological polar surface area (TPSA) is 49.4 Å². The van der Waals surface area contributed by atoms with Crippen LogP contribution in [0.15, 0.2) is 78.9 Å². The van der Waals surface area contributed by atoms with Crippen molar-refractivity contribution < 1.29 is 9.59 Å². The van der Waals surface area contributed by atoms with Crippen LogP contribution in [0.3, 0.4) is 0 Å². The highest BCUT2D eigenvalue weighted by molar-refractivity contribution is 5.88. The monoisotopic (exact) mass is 428 g/mol. The van der Waals surface area contributed by atoms with Gasteiger partial charge < -0.3 is 10.2 Å². The molecule has 3 rings (SSSR count). The van der Waals surface area contributed by atoms with Crippen LogP contribution < -0.4 is 5.32 Å². The Kier molecular flexibility index (Phi) is 8.20. The molecule has 0 aliphatic carbocycles. The van der Waals surface area contributed by atoms with E-state index in [2.05, 4.69) is 11.4 Å². The van der Waals surface area contributed by atoms with Crippen molar-refractivity contribution in [3.8, 4) is 0 Å². The van der Waals surface area contributed by atoms with E-state index in [1.807, 2.05) is 93.6 Å². The SMILES string of the molecule is CCNC(=O)C(Cc1ccccc1)N(Cc1cccc(C)c1)C(=O)Cc1ccccc1C. The van der Waals surface area contributed by atoms with E-state index in [9.17, 15) is 9.59 Å². The lowest BCUT2D eigenvalue weighted by Crippen LogP contribution is -2.51. The van der Waals surface area contributed by atoms with E-state index in [1.54, 1.807) is 4.90 Å². The van der Waals surface area contributed by atoms with Gasteiger partial charge in [0.2, 0.25) is 11.8 Å². The zero-order chi connectivity index (χ0) is 22.9. The van der Waals surface area contributed by atoms with Gasteiger partial charge in [-0.25, -0.2) is 0 Å². The number of benzene rings is 3. The number of rotatable bonds is 9. The first-order chi connectivity index (χ1) is 15.5. The van der Waals surface area contributed by atoms with Crippen molar-refractivity contribution in [1.29, 1.82) is 0 Å². The number of nitrogens with one attached hydrogen (secondary N) is 1. The molecule has 0 spiro atoms. The maximum Gasteiger partial charge on any atom is 0.243 e. The van der Waals surface area contributed by atoms with Crippen molar-refractivity contribution in [2.24, 2.45) is 0 Å². The van der Waals surface area contributed by atoms with E-state index in [-0.39, 0.29) is 18.2 Å². The Morgan fingerprint density at radius 2 is 1.56 bits per heavy atom. The maximum absolute atomic E-state index is 13.6. The van der Waals surface area contributed by atoms with Crippen molar-refractivity contribution >= 4 is 11.8 Å². The molecule has 0 heterocycles. The van der Waals surface area contributed by atoms with Gasteiger partial charge in [0, 0.05) is 19.5 Å². The van der Waals surface area contributed by atoms with Crippen molar-refractivity contribution in [3.63, 3.8) is 0 Å². The molecule has 0 saturated carbocycles. The van der Waals surface area contributed by atoms with Gasteiger partial charge in [-0.2, -0.15) is 0 Å². The second-order valence-corrected chi connectivity index (χ2v) is 8.21. The number of carbonyl (C=O) groups is 2. The number of hydrogen-bond donors (Lipinski definition) is 1. The van der Waals surface area contributed by atoms with Crippen LogP contribution in [0.1, 0.15) is 34.7 Å². The van der Waals surface area contributed by atoms with Gasteiger partial charge in [0.15, 0.2) is 0 Å². The van der Waals surface area contributed by atoms with Crippen LogP contribution in [0, 0.1) is 13.8 Å². The van der Waals surface area contributed by atoms with Crippen LogP contribution in [0.25, 0.3) is 0 Å². The van der Waals surface area contributed by atoms with Gasteiger partial charge in [-0.3, -0.25) is 9.59 Å². The molecule has 4 heteroatoms. The smallest absolute Gasteiger partial charge is 0.243 e. The van der Waals surface area contributed by atoms with E-state index in [4.69, 9.17) is 0 Å². The van der Waals surface area contributed by atoms with Crippen molar-refractivity contribution in [3.05, 3.63) is 107 Å². The summed E-state index contributed by atoms with van der Waals surface area (Å²) in [5.41, 5.74) is 5.24. The van der Waals surface area contributed by atoms with E-state index in [0.717, 1.165) is 27.8 Å². The summed E-state index contributed by atoms with van der Waals surface area (Å²) in [6, 6.07) is 25.3. The van der Waals surface area contributed by atoms with E-state index in [1.165, 1.54) is 0 Å². The minimum atomic E-state index is -0.589. The van der Waals surface area contributed by atoms with Crippen LogP contribution in [-0.2, 0) is 29.0 Å². The summed E-state index contributed by atoms with van der Waals surface area (Å²) in [6.07, 6.45) is 0.737. The lowest BCUT2D eigenvalue weighted by atomic mass is 10.00. The first-order valence-corrected chi connectivity index (χ1v) is 11.2. The van der Waals surface area contributed by atoms with Gasteiger partial charge in [0.1, 0.15) is 6.04 Å². The summed E-state index contributed by atoms with van der Waals surface area (Å²) in [6.45, 7) is 6.86. The fraction of sp³-hybridized carbons (Fsp3) is 0.286. The molecule has 0 saturated heterocycles. The van der Waals surface area contributed by atoms with E-state index >= 15 is 0 Å². The molecular formula is C28H32N2O2. The Hall–Kier alpha value is -3.40. The third-order valence-corrected chi connectivity index (χ3v) is 5.66. The predicted molar refractivity (Wildman–Crippen MR) is 129 cm³/mol. The Labute approximate surface area is 191 Å². The minimum Gasteiger partial charge on any atom is -0.355 e. The molecule has 1 N–H and O–H groups in total. The molecule has 1 atom stereocenters. The summed E-state index contributed by atoms with van der Waals surface area (Å²) < 4.78 is 0. The molecule has 2 amide bonds. The van der Waals surface area contributed by atoms with Crippen LogP contribution in [0.5, 0.6) is 0 Å². The normalized spacial score (nSPS) is 11.6. The van der Waals surface area contributed by atoms with Crippen LogP contribution >= 0.6 is 0 Å². The number of nitrogens with zero attached hydrogens (tertiary/aromatic N) is 1. The molecule has 32 heavy (non-hydrogen) atoms. The molecule has 3 aromatic rings. The molecule has 0 radical (unpaired) electrons. The molecule has 4 nitrogen and oxygen atoms in total. The summed E-state index contributed by atoms with van der Waals surface area (Å²) >= 11 is 0. The average Bonchev–Trinajstić information content (AvgIpc) is 2.78. The molecule has 166 valence electrons. The van der Waals surface area contributed by atoms with Gasteiger partial charge in [0.05, 0.1) is 6.42 Å². The molecular weight excluding hydrogens is 396 g/mol. The van der Waals surface area contributed by atoms with E-state index < -0.39 is 6.04 Å². The molecule has 0 aliphatic rings. The Bertz CT molecular complexity index is 1050. The fourth-order valence-electron chi connectivity index (χ4n) is 3.93. The number of likely N-dealkylation sites (N-methyl/N-ethyl adjacent to an activating group) is 1. The maximum atomic E-state index is 13.6. The summed E-state index contributed by atoms with van der Waals surface area (Å²) in [5, 5.41) is 2.94. The zero-order valence-electron chi connectivity index (χ0n) is 19.2. The summed E-state index contributed by atoms with van der Waals surface area (Å²) in [5.74, 6) is -0.171. The lowest BCUT2D eigenvalue weighted by Gasteiger charge is -2.32. The third-order valence-electron chi connectivity index (χ3n) is 5.66. The summed E-state index contributed by atoms with van der Waals surface area (Å²) in [7, 11) is 0. The van der Waals surface area contributed by atoms with Crippen molar-refractivity contribution in [2.45, 2.75) is 46.2 Å². The average molecular weight is 429 g/mol. The standard InChI is InChI=1S/C28H32N2O2/c1-4-29-28(32)26(18-23-13-6-5-7-14-23)30(20-24-15-10-11-21(2)17-24)27(31)19-25-16-9-8-12-22(25)3/h5-17,26H,4,18-20H2,1-3H3,(H,29,32). The van der Waals surface area contributed by atoms with Crippen molar-refractivity contribution in [1.82, 2.24) is 10.2 Å². The minimum absolute atomic E-state index is 0.0482. The highest BCUT2D eigenvalue weighted by Gasteiger charge is 2.30. The highest BCUT2D eigenvalue weighted by atomic mass is 16.2. The molecule has 0 fully saturated rings. The Morgan fingerprint density at radius 3 is 2.25 bits per heavy atom. The predicted octanol–water partition coefficient (Wildman–Crippen LogP) is 4.62. The Balaban J connectivity index is 1.96. The quantitative estimate of drug-likeness (QED) is 0.541. The molecule has 3 aromatic carbocycles. The zero-order valence-corrected chi connectivity index (χ0v) is 19.2. The molecule has 0 aromatic heterocycles. The highest BCUT2D eigenvalue weighted by Crippen LogP contribution is 2.18. The lowest BCUT2D eigenvalue weighted by molar-refractivity contribution is -0.140. The first kappa shape index (κ1) is 23.3. The van der Waals surface area contributed by atoms with Gasteiger partial charge >= 0.3 is 0 Å². The molecule has 1 unspecified atom stereocenters. The van der Waals surface area contributed by atoms with Crippen LogP contribution in [-0.4, -0.2) is 29.3 Å². The largest absolute Gasteiger partial charge is 0.355 e. The van der Waals surface area contributed by atoms with Gasteiger partial charge in [-0.15, -0.1) is 0 Å². The fourth-order valence-corrected chi connectivity index (χ4v) is 3.93. The van der Waals surface area contributed by atoms with Crippen LogP contribution in [0.2, 0.25) is 0 Å². The molecule has 0 aliphatic heterocycles. The van der Waals surface area contributed by atoms with Gasteiger partial charge in [-0.05, 0) is 43.0 Å². The second kappa shape index (κ2) is 11.3. The second-order valence-electron chi connectivity index (χ2n) is 8.21. The van der Waals surface area contributed by atoms with Crippen LogP contribution in [0.4, 0.5) is 0 Å². The van der Waals surface area contributed by atoms with E-state index in [0.29, 0.717) is 19.5 Å². The number of hydrogen-bond acceptors (Lipinski definition) is 2. The van der Waals surface area contributed by atoms with Gasteiger partial charge in [-0.1, -0.05) is 84.4 Å². The molecule has 0 bridgehead atoms. The summed E-state index contributed by atoms with van der Waals surface area (Å²) in [4.78, 5) is 28.6.